The molecule has 1 aliphatic rings. The Morgan fingerprint density at radius 3 is 2.52 bits per heavy atom. The minimum Gasteiger partial charge on any atom is -0.477 e. The molecule has 1 N–H and O–H groups in total. The largest absolute Gasteiger partial charge is 0.477 e. The number of carboxylic acids is 1. The fourth-order valence-corrected chi connectivity index (χ4v) is 4.32. The van der Waals surface area contributed by atoms with Crippen LogP contribution in [0.4, 0.5) is 27.1 Å². The summed E-state index contributed by atoms with van der Waals surface area (Å²) < 4.78 is 68.2. The van der Waals surface area contributed by atoms with Crippen LogP contribution in [0.5, 0.6) is 0 Å². The van der Waals surface area contributed by atoms with Crippen LogP contribution in [-0.4, -0.2) is 59.9 Å². The van der Waals surface area contributed by atoms with Gasteiger partial charge >= 0.3 is 18.8 Å². The highest BCUT2D eigenvalue weighted by Crippen LogP contribution is 2.32. The third-order valence-corrected chi connectivity index (χ3v) is 6.17. The average Bonchev–Trinajstić information content (AvgIpc) is 3.21. The number of thiazole rings is 1. The summed E-state index contributed by atoms with van der Waals surface area (Å²) in [5.41, 5.74) is -0.0770. The SMILES string of the molecule is CC(c1ccc(C(F)(F)F)cc1)N1CCN(c2ncc(C(=O)O)s2)[C@H](COC(F)F)C1. The molecule has 170 valence electrons. The van der Waals surface area contributed by atoms with E-state index in [4.69, 9.17) is 5.11 Å². The first-order valence-electron chi connectivity index (χ1n) is 9.33. The molecule has 1 aromatic heterocycles. The number of hydrogen-bond donors (Lipinski definition) is 1. The van der Waals surface area contributed by atoms with E-state index >= 15 is 0 Å². The Morgan fingerprint density at radius 2 is 1.97 bits per heavy atom. The van der Waals surface area contributed by atoms with Gasteiger partial charge in [-0.1, -0.05) is 23.5 Å². The third kappa shape index (κ3) is 5.69. The van der Waals surface area contributed by atoms with Gasteiger partial charge in [0.05, 0.1) is 24.4 Å². The average molecular weight is 465 g/mol. The molecule has 0 amide bonds. The topological polar surface area (TPSA) is 65.9 Å². The molecule has 2 atom stereocenters. The third-order valence-electron chi connectivity index (χ3n) is 5.15. The van der Waals surface area contributed by atoms with Crippen molar-refractivity contribution >= 4 is 22.4 Å². The highest BCUT2D eigenvalue weighted by molar-refractivity contribution is 7.17. The van der Waals surface area contributed by atoms with E-state index in [1.165, 1.54) is 18.3 Å². The van der Waals surface area contributed by atoms with E-state index in [0.717, 1.165) is 23.5 Å². The van der Waals surface area contributed by atoms with Crippen molar-refractivity contribution in [1.82, 2.24) is 9.88 Å². The molecule has 2 heterocycles. The summed E-state index contributed by atoms with van der Waals surface area (Å²) in [4.78, 5) is 18.9. The summed E-state index contributed by atoms with van der Waals surface area (Å²) in [6, 6.07) is 4.05. The number of benzene rings is 1. The first-order valence-corrected chi connectivity index (χ1v) is 10.1. The maximum Gasteiger partial charge on any atom is 0.416 e. The molecule has 1 aromatic carbocycles. The molecule has 1 saturated heterocycles. The van der Waals surface area contributed by atoms with Crippen molar-refractivity contribution in [2.45, 2.75) is 31.8 Å². The lowest BCUT2D eigenvalue weighted by Gasteiger charge is -2.43. The van der Waals surface area contributed by atoms with Crippen molar-refractivity contribution in [1.29, 1.82) is 0 Å². The number of carboxylic acid groups (broad SMARTS) is 1. The van der Waals surface area contributed by atoms with Crippen LogP contribution in [0.25, 0.3) is 0 Å². The fourth-order valence-electron chi connectivity index (χ4n) is 3.47. The van der Waals surface area contributed by atoms with Gasteiger partial charge in [-0.3, -0.25) is 4.90 Å². The summed E-state index contributed by atoms with van der Waals surface area (Å²) in [6.45, 7) is -0.304. The van der Waals surface area contributed by atoms with Crippen LogP contribution in [0.15, 0.2) is 30.5 Å². The first kappa shape index (κ1) is 23.4. The molecule has 0 bridgehead atoms. The van der Waals surface area contributed by atoms with Gasteiger partial charge in [0.25, 0.3) is 0 Å². The van der Waals surface area contributed by atoms with Gasteiger partial charge in [0, 0.05) is 25.7 Å². The number of halogens is 5. The Labute approximate surface area is 178 Å². The summed E-state index contributed by atoms with van der Waals surface area (Å²) >= 11 is 0.943. The van der Waals surface area contributed by atoms with Gasteiger partial charge in [-0.05, 0) is 24.6 Å². The maximum absolute atomic E-state index is 12.8. The number of aromatic carboxylic acids is 1. The van der Waals surface area contributed by atoms with E-state index < -0.39 is 30.4 Å². The predicted octanol–water partition coefficient (Wildman–Crippen LogP) is 4.35. The highest BCUT2D eigenvalue weighted by atomic mass is 32.1. The predicted molar refractivity (Wildman–Crippen MR) is 104 cm³/mol. The minimum atomic E-state index is -4.42. The molecule has 0 spiro atoms. The van der Waals surface area contributed by atoms with Gasteiger partial charge < -0.3 is 14.7 Å². The molecule has 12 heteroatoms. The van der Waals surface area contributed by atoms with Crippen molar-refractivity contribution in [2.75, 3.05) is 31.1 Å². The summed E-state index contributed by atoms with van der Waals surface area (Å²) in [5.74, 6) is -1.13. The number of nitrogens with zero attached hydrogens (tertiary/aromatic N) is 3. The van der Waals surface area contributed by atoms with Crippen molar-refractivity contribution in [3.05, 3.63) is 46.5 Å². The van der Waals surface area contributed by atoms with Gasteiger partial charge in [-0.25, -0.2) is 9.78 Å². The Bertz CT molecular complexity index is 891. The summed E-state index contributed by atoms with van der Waals surface area (Å²) in [7, 11) is 0. The van der Waals surface area contributed by atoms with Crippen LogP contribution in [0.2, 0.25) is 0 Å². The Kier molecular flexibility index (Phi) is 7.12. The molecule has 1 unspecified atom stereocenters. The monoisotopic (exact) mass is 465 g/mol. The van der Waals surface area contributed by atoms with Gasteiger partial charge in [-0.15, -0.1) is 0 Å². The zero-order chi connectivity index (χ0) is 22.8. The number of alkyl halides is 5. The fraction of sp³-hybridized carbons (Fsp3) is 0.474. The van der Waals surface area contributed by atoms with E-state index in [-0.39, 0.29) is 24.1 Å². The molecule has 0 radical (unpaired) electrons. The molecule has 3 rings (SSSR count). The van der Waals surface area contributed by atoms with Crippen molar-refractivity contribution < 1.29 is 36.6 Å². The summed E-state index contributed by atoms with van der Waals surface area (Å²) in [6.07, 6.45) is -3.21. The molecule has 2 aromatic rings. The quantitative estimate of drug-likeness (QED) is 0.614. The Hall–Kier alpha value is -2.31. The zero-order valence-electron chi connectivity index (χ0n) is 16.4. The summed E-state index contributed by atoms with van der Waals surface area (Å²) in [5, 5.41) is 9.49. The van der Waals surface area contributed by atoms with Crippen LogP contribution >= 0.6 is 11.3 Å². The lowest BCUT2D eigenvalue weighted by molar-refractivity contribution is -0.137. The van der Waals surface area contributed by atoms with E-state index in [2.05, 4.69) is 9.72 Å². The molecular formula is C19H20F5N3O3S. The second-order valence-corrected chi connectivity index (χ2v) is 8.05. The second kappa shape index (κ2) is 9.45. The number of aromatic nitrogens is 1. The van der Waals surface area contributed by atoms with Crippen molar-refractivity contribution in [3.8, 4) is 0 Å². The number of carbonyl (C=O) groups is 1. The van der Waals surface area contributed by atoms with Crippen LogP contribution in [-0.2, 0) is 10.9 Å². The molecule has 0 saturated carbocycles. The van der Waals surface area contributed by atoms with Crippen LogP contribution < -0.4 is 4.90 Å². The molecular weight excluding hydrogens is 445 g/mol. The standard InChI is InChI=1S/C19H20F5N3O3S/c1-11(12-2-4-13(5-3-12)19(22,23)24)26-6-7-27(14(9-26)10-30-17(20)21)18-25-8-15(31-18)16(28)29/h2-5,8,11,14,17H,6-7,9-10H2,1H3,(H,28,29)/t11?,14-/m0/s1. The number of anilines is 1. The van der Waals surface area contributed by atoms with Gasteiger partial charge in [-0.2, -0.15) is 22.0 Å². The lowest BCUT2D eigenvalue weighted by Crippen LogP contribution is -2.55. The second-order valence-electron chi connectivity index (χ2n) is 7.04. The minimum absolute atomic E-state index is 0.0316. The molecule has 1 aliphatic heterocycles. The maximum atomic E-state index is 12.8. The lowest BCUT2D eigenvalue weighted by atomic mass is 10.0. The number of ether oxygens (including phenoxy) is 1. The zero-order valence-corrected chi connectivity index (χ0v) is 17.2. The normalized spacial score (nSPS) is 19.1. The number of hydrogen-bond acceptors (Lipinski definition) is 6. The van der Waals surface area contributed by atoms with Crippen LogP contribution in [0.1, 0.15) is 33.8 Å². The van der Waals surface area contributed by atoms with Gasteiger partial charge in [0.1, 0.15) is 4.88 Å². The highest BCUT2D eigenvalue weighted by Gasteiger charge is 2.34. The number of rotatable bonds is 7. The molecule has 0 aliphatic carbocycles. The van der Waals surface area contributed by atoms with E-state index in [1.54, 1.807) is 4.90 Å². The molecule has 1 fully saturated rings. The van der Waals surface area contributed by atoms with Crippen LogP contribution in [0, 0.1) is 0 Å². The Morgan fingerprint density at radius 1 is 1.29 bits per heavy atom. The van der Waals surface area contributed by atoms with Crippen molar-refractivity contribution in [2.24, 2.45) is 0 Å². The molecule has 31 heavy (non-hydrogen) atoms. The van der Waals surface area contributed by atoms with Gasteiger partial charge in [0.15, 0.2) is 5.13 Å². The first-order chi connectivity index (χ1) is 14.6. The van der Waals surface area contributed by atoms with E-state index in [0.29, 0.717) is 23.8 Å². The molecule has 6 nitrogen and oxygen atoms in total. The number of piperazine rings is 1. The smallest absolute Gasteiger partial charge is 0.416 e. The van der Waals surface area contributed by atoms with Crippen molar-refractivity contribution in [3.63, 3.8) is 0 Å². The van der Waals surface area contributed by atoms with Crippen LogP contribution in [0.3, 0.4) is 0 Å². The van der Waals surface area contributed by atoms with E-state index in [9.17, 15) is 26.7 Å². The Balaban J connectivity index is 1.75. The van der Waals surface area contributed by atoms with Gasteiger partial charge in [0.2, 0.25) is 0 Å². The van der Waals surface area contributed by atoms with E-state index in [1.807, 2.05) is 11.8 Å².